The van der Waals surface area contributed by atoms with Crippen LogP contribution >= 0.6 is 0 Å². The van der Waals surface area contributed by atoms with Crippen molar-refractivity contribution in [2.24, 2.45) is 0 Å². The Morgan fingerprint density at radius 1 is 1.07 bits per heavy atom. The Bertz CT molecular complexity index is 1160. The van der Waals surface area contributed by atoms with E-state index >= 15 is 0 Å². The lowest BCUT2D eigenvalue weighted by atomic mass is 10.1. The number of hydrogen-bond acceptors (Lipinski definition) is 4. The number of aryl methyl sites for hydroxylation is 1. The Labute approximate surface area is 169 Å². The summed E-state index contributed by atoms with van der Waals surface area (Å²) in [6, 6.07) is 19.7. The summed E-state index contributed by atoms with van der Waals surface area (Å²) in [5, 5.41) is 12.3. The van der Waals surface area contributed by atoms with Gasteiger partial charge in [-0.1, -0.05) is 30.3 Å². The minimum Gasteiger partial charge on any atom is -0.395 e. The van der Waals surface area contributed by atoms with Gasteiger partial charge in [-0.05, 0) is 44.2 Å². The van der Waals surface area contributed by atoms with E-state index < -0.39 is 0 Å². The Balaban J connectivity index is 1.71. The number of carbonyl (C=O) groups excluding carboxylic acids is 1. The van der Waals surface area contributed by atoms with Gasteiger partial charge in [-0.2, -0.15) is 0 Å². The van der Waals surface area contributed by atoms with E-state index in [2.05, 4.69) is 14.9 Å². The van der Waals surface area contributed by atoms with Gasteiger partial charge in [0.25, 0.3) is 0 Å². The quantitative estimate of drug-likeness (QED) is 0.473. The molecule has 0 saturated carbocycles. The molecule has 0 spiro atoms. The van der Waals surface area contributed by atoms with Crippen molar-refractivity contribution in [3.63, 3.8) is 0 Å². The Morgan fingerprint density at radius 2 is 1.79 bits per heavy atom. The van der Waals surface area contributed by atoms with Gasteiger partial charge in [0.15, 0.2) is 5.78 Å². The molecule has 0 fully saturated rings. The average Bonchev–Trinajstić information content (AvgIpc) is 3.23. The molecule has 0 bridgehead atoms. The van der Waals surface area contributed by atoms with Crippen molar-refractivity contribution in [3.8, 4) is 5.69 Å². The average molecular weight is 388 g/mol. The number of anilines is 1. The number of Topliss-reactive ketones (excluding diaryl/α,β-unsaturated/α-hetero) is 1. The summed E-state index contributed by atoms with van der Waals surface area (Å²) in [5.41, 5.74) is 5.39. The summed E-state index contributed by atoms with van der Waals surface area (Å²) in [6.07, 6.45) is 0. The zero-order valence-corrected chi connectivity index (χ0v) is 16.6. The highest BCUT2D eigenvalue weighted by molar-refractivity contribution is 5.98. The van der Waals surface area contributed by atoms with Gasteiger partial charge < -0.3 is 19.6 Å². The lowest BCUT2D eigenvalue weighted by molar-refractivity contribution is 0.0973. The summed E-state index contributed by atoms with van der Waals surface area (Å²) in [4.78, 5) is 17.8. The maximum atomic E-state index is 13.3. The van der Waals surface area contributed by atoms with Crippen molar-refractivity contribution in [1.82, 2.24) is 14.1 Å². The zero-order valence-electron chi connectivity index (χ0n) is 16.6. The van der Waals surface area contributed by atoms with Gasteiger partial charge in [0.2, 0.25) is 5.95 Å². The molecule has 0 radical (unpaired) electrons. The molecular formula is C23H24N4O2. The van der Waals surface area contributed by atoms with Gasteiger partial charge in [-0.25, -0.2) is 4.98 Å². The molecule has 2 aromatic carbocycles. The Morgan fingerprint density at radius 3 is 2.55 bits per heavy atom. The SMILES string of the molecule is Cc1cc(C(=O)Cn2c(NCCO)nc3ccccc32)c(C)n1-c1ccccc1. The van der Waals surface area contributed by atoms with E-state index in [0.29, 0.717) is 18.1 Å². The van der Waals surface area contributed by atoms with Gasteiger partial charge in [0.1, 0.15) is 0 Å². The predicted octanol–water partition coefficient (Wildman–Crippen LogP) is 3.73. The molecule has 0 amide bonds. The van der Waals surface area contributed by atoms with Crippen LogP contribution in [0.5, 0.6) is 0 Å². The Hall–Kier alpha value is -3.38. The van der Waals surface area contributed by atoms with E-state index in [1.165, 1.54) is 0 Å². The number of benzene rings is 2. The first-order valence-electron chi connectivity index (χ1n) is 9.67. The molecule has 148 valence electrons. The fourth-order valence-corrected chi connectivity index (χ4v) is 3.79. The molecule has 2 aromatic heterocycles. The Kier molecular flexibility index (Phi) is 5.18. The molecule has 29 heavy (non-hydrogen) atoms. The van der Waals surface area contributed by atoms with Crippen LogP contribution in [-0.4, -0.2) is 38.2 Å². The normalized spacial score (nSPS) is 11.1. The van der Waals surface area contributed by atoms with Gasteiger partial charge in [-0.3, -0.25) is 4.79 Å². The molecule has 0 aliphatic carbocycles. The second-order valence-corrected chi connectivity index (χ2v) is 7.04. The van der Waals surface area contributed by atoms with Crippen molar-refractivity contribution in [1.29, 1.82) is 0 Å². The number of aromatic nitrogens is 3. The maximum Gasteiger partial charge on any atom is 0.204 e. The van der Waals surface area contributed by atoms with Gasteiger partial charge >= 0.3 is 0 Å². The number of para-hydroxylation sites is 3. The monoisotopic (exact) mass is 388 g/mol. The van der Waals surface area contributed by atoms with E-state index in [0.717, 1.165) is 28.1 Å². The third-order valence-electron chi connectivity index (χ3n) is 5.10. The summed E-state index contributed by atoms with van der Waals surface area (Å²) < 4.78 is 3.98. The number of imidazole rings is 1. The maximum absolute atomic E-state index is 13.3. The summed E-state index contributed by atoms with van der Waals surface area (Å²) >= 11 is 0. The van der Waals surface area contributed by atoms with Crippen LogP contribution < -0.4 is 5.32 Å². The van der Waals surface area contributed by atoms with Crippen LogP contribution in [0.2, 0.25) is 0 Å². The molecule has 0 aliphatic heterocycles. The number of rotatable bonds is 7. The first-order valence-corrected chi connectivity index (χ1v) is 9.67. The highest BCUT2D eigenvalue weighted by Crippen LogP contribution is 2.24. The highest BCUT2D eigenvalue weighted by atomic mass is 16.3. The summed E-state index contributed by atoms with van der Waals surface area (Å²) in [6.45, 7) is 4.53. The lowest BCUT2D eigenvalue weighted by Crippen LogP contribution is -2.16. The molecule has 0 saturated heterocycles. The van der Waals surface area contributed by atoms with Crippen LogP contribution in [0.1, 0.15) is 21.7 Å². The third-order valence-corrected chi connectivity index (χ3v) is 5.10. The van der Waals surface area contributed by atoms with Crippen molar-refractivity contribution >= 4 is 22.8 Å². The number of aliphatic hydroxyl groups excluding tert-OH is 1. The minimum absolute atomic E-state index is 0.00458. The van der Waals surface area contributed by atoms with E-state index in [1.807, 2.05) is 79.1 Å². The van der Waals surface area contributed by atoms with Gasteiger partial charge in [-0.15, -0.1) is 0 Å². The van der Waals surface area contributed by atoms with Crippen LogP contribution in [0.25, 0.3) is 16.7 Å². The molecule has 0 aliphatic rings. The van der Waals surface area contributed by atoms with Crippen molar-refractivity contribution in [2.45, 2.75) is 20.4 Å². The first kappa shape index (κ1) is 19.0. The molecule has 0 atom stereocenters. The molecule has 4 aromatic rings. The van der Waals surface area contributed by atoms with Crippen LogP contribution in [0.4, 0.5) is 5.95 Å². The van der Waals surface area contributed by atoms with E-state index in [1.54, 1.807) is 0 Å². The number of ketones is 1. The molecule has 6 heteroatoms. The van der Waals surface area contributed by atoms with Crippen molar-refractivity contribution in [3.05, 3.63) is 77.6 Å². The summed E-state index contributed by atoms with van der Waals surface area (Å²) in [5.74, 6) is 0.612. The number of fused-ring (bicyclic) bond motifs is 1. The fourth-order valence-electron chi connectivity index (χ4n) is 3.79. The highest BCUT2D eigenvalue weighted by Gasteiger charge is 2.19. The van der Waals surface area contributed by atoms with Crippen LogP contribution in [0.15, 0.2) is 60.7 Å². The number of nitrogens with zero attached hydrogens (tertiary/aromatic N) is 3. The van der Waals surface area contributed by atoms with Gasteiger partial charge in [0.05, 0.1) is 24.2 Å². The molecule has 2 heterocycles. The van der Waals surface area contributed by atoms with E-state index in [9.17, 15) is 4.79 Å². The zero-order chi connectivity index (χ0) is 20.4. The van der Waals surface area contributed by atoms with E-state index in [4.69, 9.17) is 5.11 Å². The minimum atomic E-state index is -0.00458. The second kappa shape index (κ2) is 7.93. The van der Waals surface area contributed by atoms with E-state index in [-0.39, 0.29) is 18.9 Å². The van der Waals surface area contributed by atoms with Crippen molar-refractivity contribution < 1.29 is 9.90 Å². The standard InChI is InChI=1S/C23H24N4O2/c1-16-14-19(17(2)27(16)18-8-4-3-5-9-18)22(29)15-26-21-11-7-6-10-20(21)25-23(26)24-12-13-28/h3-11,14,28H,12-13,15H2,1-2H3,(H,24,25). The number of nitrogens with one attached hydrogen (secondary N) is 1. The summed E-state index contributed by atoms with van der Waals surface area (Å²) in [7, 11) is 0. The third kappa shape index (κ3) is 3.54. The van der Waals surface area contributed by atoms with Crippen LogP contribution in [-0.2, 0) is 6.54 Å². The number of hydrogen-bond donors (Lipinski definition) is 2. The van der Waals surface area contributed by atoms with Crippen molar-refractivity contribution in [2.75, 3.05) is 18.5 Å². The number of aliphatic hydroxyl groups is 1. The fraction of sp³-hybridized carbons (Fsp3) is 0.217. The van der Waals surface area contributed by atoms with Crippen LogP contribution in [0, 0.1) is 13.8 Å². The second-order valence-electron chi connectivity index (χ2n) is 7.04. The molecule has 4 rings (SSSR count). The molecule has 0 unspecified atom stereocenters. The largest absolute Gasteiger partial charge is 0.395 e. The topological polar surface area (TPSA) is 72.1 Å². The predicted molar refractivity (Wildman–Crippen MR) is 115 cm³/mol. The molecular weight excluding hydrogens is 364 g/mol. The lowest BCUT2D eigenvalue weighted by Gasteiger charge is -2.11. The first-order chi connectivity index (χ1) is 14.1. The molecule has 2 N–H and O–H groups in total. The number of carbonyl (C=O) groups is 1. The smallest absolute Gasteiger partial charge is 0.204 e. The molecule has 6 nitrogen and oxygen atoms in total. The van der Waals surface area contributed by atoms with Crippen LogP contribution in [0.3, 0.4) is 0 Å². The van der Waals surface area contributed by atoms with Gasteiger partial charge in [0, 0.05) is 29.2 Å².